The summed E-state index contributed by atoms with van der Waals surface area (Å²) in [6.07, 6.45) is 1.84. The first-order valence-electron chi connectivity index (χ1n) is 6.93. The van der Waals surface area contributed by atoms with Gasteiger partial charge in [-0.15, -0.1) is 0 Å². The van der Waals surface area contributed by atoms with E-state index in [0.717, 1.165) is 17.4 Å². The van der Waals surface area contributed by atoms with Crippen LogP contribution >= 0.6 is 0 Å². The molecule has 2 rings (SSSR count). The van der Waals surface area contributed by atoms with Gasteiger partial charge < -0.3 is 10.0 Å². The Morgan fingerprint density at radius 3 is 2.71 bits per heavy atom. The highest BCUT2D eigenvalue weighted by Crippen LogP contribution is 2.27. The number of benzene rings is 1. The molecule has 0 spiro atoms. The number of aliphatic carboxylic acids is 1. The van der Waals surface area contributed by atoms with Crippen LogP contribution in [0.1, 0.15) is 36.5 Å². The van der Waals surface area contributed by atoms with E-state index in [9.17, 15) is 23.5 Å². The van der Waals surface area contributed by atoms with Gasteiger partial charge in [0, 0.05) is 6.54 Å². The summed E-state index contributed by atoms with van der Waals surface area (Å²) in [6.45, 7) is 2.21. The number of piperidine rings is 1. The molecule has 0 saturated carbocycles. The first-order valence-corrected chi connectivity index (χ1v) is 6.93. The zero-order chi connectivity index (χ0) is 15.6. The van der Waals surface area contributed by atoms with Crippen molar-refractivity contribution in [2.75, 3.05) is 6.54 Å². The van der Waals surface area contributed by atoms with Crippen molar-refractivity contribution < 1.29 is 23.5 Å². The van der Waals surface area contributed by atoms with Gasteiger partial charge in [0.05, 0.1) is 5.56 Å². The molecule has 2 unspecified atom stereocenters. The van der Waals surface area contributed by atoms with Gasteiger partial charge in [0.2, 0.25) is 0 Å². The molecule has 1 amide bonds. The summed E-state index contributed by atoms with van der Waals surface area (Å²) < 4.78 is 26.9. The molecule has 0 bridgehead atoms. The number of carbonyl (C=O) groups is 2. The second-order valence-corrected chi connectivity index (χ2v) is 5.25. The van der Waals surface area contributed by atoms with Gasteiger partial charge in [-0.2, -0.15) is 0 Å². The molecular weight excluding hydrogens is 280 g/mol. The summed E-state index contributed by atoms with van der Waals surface area (Å²) in [5.74, 6) is -4.00. The molecule has 1 aliphatic rings. The Hall–Kier alpha value is -1.98. The fourth-order valence-corrected chi connectivity index (χ4v) is 2.71. The van der Waals surface area contributed by atoms with Crippen molar-refractivity contribution in [1.29, 1.82) is 0 Å². The predicted octanol–water partition coefficient (Wildman–Crippen LogP) is 2.68. The first-order chi connectivity index (χ1) is 9.95. The van der Waals surface area contributed by atoms with Crippen LogP contribution in [0.5, 0.6) is 0 Å². The van der Waals surface area contributed by atoms with Gasteiger partial charge >= 0.3 is 5.97 Å². The Kier molecular flexibility index (Phi) is 4.55. The molecule has 1 N–H and O–H groups in total. The molecule has 1 fully saturated rings. The van der Waals surface area contributed by atoms with Crippen LogP contribution in [-0.4, -0.2) is 34.5 Å². The van der Waals surface area contributed by atoms with E-state index in [1.165, 1.54) is 12.1 Å². The Labute approximate surface area is 121 Å². The minimum Gasteiger partial charge on any atom is -0.480 e. The summed E-state index contributed by atoms with van der Waals surface area (Å²) >= 11 is 0. The van der Waals surface area contributed by atoms with E-state index in [0.29, 0.717) is 12.8 Å². The highest BCUT2D eigenvalue weighted by molar-refractivity contribution is 5.97. The number of likely N-dealkylation sites (tertiary alicyclic amines) is 1. The van der Waals surface area contributed by atoms with Crippen molar-refractivity contribution in [3.63, 3.8) is 0 Å². The van der Waals surface area contributed by atoms with E-state index in [4.69, 9.17) is 0 Å². The van der Waals surface area contributed by atoms with Crippen LogP contribution in [0.15, 0.2) is 18.2 Å². The van der Waals surface area contributed by atoms with E-state index >= 15 is 0 Å². The number of carboxylic acids is 1. The number of carboxylic acid groups (broad SMARTS) is 1. The fourth-order valence-electron chi connectivity index (χ4n) is 2.71. The minimum absolute atomic E-state index is 0.229. The summed E-state index contributed by atoms with van der Waals surface area (Å²) in [7, 11) is 0. The van der Waals surface area contributed by atoms with E-state index in [-0.39, 0.29) is 12.5 Å². The lowest BCUT2D eigenvalue weighted by Crippen LogP contribution is -2.50. The number of rotatable bonds is 3. The van der Waals surface area contributed by atoms with Crippen molar-refractivity contribution >= 4 is 11.9 Å². The minimum atomic E-state index is -1.23. The Bertz CT molecular complexity index is 562. The second kappa shape index (κ2) is 6.20. The molecule has 1 aromatic rings. The summed E-state index contributed by atoms with van der Waals surface area (Å²) in [4.78, 5) is 24.8. The molecule has 0 radical (unpaired) electrons. The Balaban J connectivity index is 2.28. The summed E-state index contributed by atoms with van der Waals surface area (Å²) in [5, 5.41) is 9.28. The van der Waals surface area contributed by atoms with Gasteiger partial charge in [-0.1, -0.05) is 19.4 Å². The zero-order valence-corrected chi connectivity index (χ0v) is 11.7. The van der Waals surface area contributed by atoms with Crippen LogP contribution in [-0.2, 0) is 4.79 Å². The zero-order valence-electron chi connectivity index (χ0n) is 11.7. The largest absolute Gasteiger partial charge is 0.480 e. The number of carbonyl (C=O) groups excluding carboxylic acids is 1. The Morgan fingerprint density at radius 1 is 1.38 bits per heavy atom. The molecule has 114 valence electrons. The van der Waals surface area contributed by atoms with Crippen LogP contribution in [0, 0.1) is 17.6 Å². The van der Waals surface area contributed by atoms with Crippen molar-refractivity contribution in [3.8, 4) is 0 Å². The number of amides is 1. The SMILES string of the molecule is CCC1CCN(C(=O)c2cccc(F)c2F)C(C(=O)O)C1. The van der Waals surface area contributed by atoms with Gasteiger partial charge in [0.1, 0.15) is 6.04 Å². The quantitative estimate of drug-likeness (QED) is 0.933. The maximum atomic E-state index is 13.7. The number of nitrogens with zero attached hydrogens (tertiary/aromatic N) is 1. The highest BCUT2D eigenvalue weighted by atomic mass is 19.2. The van der Waals surface area contributed by atoms with Gasteiger partial charge in [-0.05, 0) is 30.9 Å². The number of halogens is 2. The predicted molar refractivity (Wildman–Crippen MR) is 71.8 cm³/mol. The van der Waals surface area contributed by atoms with E-state index < -0.39 is 35.1 Å². The molecule has 2 atom stereocenters. The standard InChI is InChI=1S/C15H17F2NO3/c1-2-9-6-7-18(12(8-9)15(20)21)14(19)10-4-3-5-11(16)13(10)17/h3-5,9,12H,2,6-8H2,1H3,(H,20,21). The van der Waals surface area contributed by atoms with E-state index in [1.54, 1.807) is 0 Å². The van der Waals surface area contributed by atoms with Crippen molar-refractivity contribution in [3.05, 3.63) is 35.4 Å². The summed E-state index contributed by atoms with van der Waals surface area (Å²) in [5.41, 5.74) is -0.420. The smallest absolute Gasteiger partial charge is 0.326 e. The number of hydrogen-bond donors (Lipinski definition) is 1. The topological polar surface area (TPSA) is 57.6 Å². The average Bonchev–Trinajstić information content (AvgIpc) is 2.48. The molecule has 6 heteroatoms. The van der Waals surface area contributed by atoms with Crippen LogP contribution < -0.4 is 0 Å². The molecule has 1 aromatic carbocycles. The third-order valence-corrected chi connectivity index (χ3v) is 4.02. The van der Waals surface area contributed by atoms with Gasteiger partial charge in [-0.3, -0.25) is 4.79 Å². The van der Waals surface area contributed by atoms with Crippen LogP contribution in [0.4, 0.5) is 8.78 Å². The Morgan fingerprint density at radius 2 is 2.10 bits per heavy atom. The van der Waals surface area contributed by atoms with Crippen molar-refractivity contribution in [1.82, 2.24) is 4.90 Å². The normalized spacial score (nSPS) is 22.1. The third-order valence-electron chi connectivity index (χ3n) is 4.02. The lowest BCUT2D eigenvalue weighted by atomic mass is 9.88. The van der Waals surface area contributed by atoms with Gasteiger partial charge in [-0.25, -0.2) is 13.6 Å². The number of hydrogen-bond acceptors (Lipinski definition) is 2. The molecule has 21 heavy (non-hydrogen) atoms. The average molecular weight is 297 g/mol. The van der Waals surface area contributed by atoms with Gasteiger partial charge in [0.15, 0.2) is 11.6 Å². The lowest BCUT2D eigenvalue weighted by molar-refractivity contribution is -0.144. The molecule has 1 saturated heterocycles. The molecule has 4 nitrogen and oxygen atoms in total. The van der Waals surface area contributed by atoms with Gasteiger partial charge in [0.25, 0.3) is 5.91 Å². The highest BCUT2D eigenvalue weighted by Gasteiger charge is 2.36. The lowest BCUT2D eigenvalue weighted by Gasteiger charge is -2.37. The molecule has 1 aliphatic heterocycles. The second-order valence-electron chi connectivity index (χ2n) is 5.25. The maximum Gasteiger partial charge on any atom is 0.326 e. The van der Waals surface area contributed by atoms with Crippen LogP contribution in [0.25, 0.3) is 0 Å². The summed E-state index contributed by atoms with van der Waals surface area (Å²) in [6, 6.07) is 2.34. The van der Waals surface area contributed by atoms with Crippen molar-refractivity contribution in [2.24, 2.45) is 5.92 Å². The molecular formula is C15H17F2NO3. The van der Waals surface area contributed by atoms with Crippen LogP contribution in [0.3, 0.4) is 0 Å². The maximum absolute atomic E-state index is 13.7. The first kappa shape index (κ1) is 15.4. The molecule has 0 aromatic heterocycles. The molecule has 1 heterocycles. The third kappa shape index (κ3) is 3.04. The van der Waals surface area contributed by atoms with Crippen molar-refractivity contribution in [2.45, 2.75) is 32.2 Å². The fraction of sp³-hybridized carbons (Fsp3) is 0.467. The van der Waals surface area contributed by atoms with Crippen LogP contribution in [0.2, 0.25) is 0 Å². The molecule has 0 aliphatic carbocycles. The monoisotopic (exact) mass is 297 g/mol. The van der Waals surface area contributed by atoms with E-state index in [2.05, 4.69) is 0 Å². The van der Waals surface area contributed by atoms with E-state index in [1.807, 2.05) is 6.92 Å².